The fourth-order valence-corrected chi connectivity index (χ4v) is 3.85. The molecule has 0 spiro atoms. The van der Waals surface area contributed by atoms with Gasteiger partial charge in [0, 0.05) is 7.11 Å². The van der Waals surface area contributed by atoms with Gasteiger partial charge in [-0.2, -0.15) is 0 Å². The van der Waals surface area contributed by atoms with E-state index in [2.05, 4.69) is 15.0 Å². The lowest BCUT2D eigenvalue weighted by atomic mass is 10.1. The van der Waals surface area contributed by atoms with Crippen LogP contribution < -0.4 is 5.73 Å². The van der Waals surface area contributed by atoms with E-state index in [0.29, 0.717) is 11.2 Å². The van der Waals surface area contributed by atoms with E-state index in [0.717, 1.165) is 0 Å². The van der Waals surface area contributed by atoms with Gasteiger partial charge >= 0.3 is 7.82 Å². The molecule has 2 saturated heterocycles. The summed E-state index contributed by atoms with van der Waals surface area (Å²) in [7, 11) is -2.46. The number of fused-ring (bicyclic) bond motifs is 2. The Hall–Kier alpha value is -1.62. The third-order valence-corrected chi connectivity index (χ3v) is 5.26. The molecule has 2 fully saturated rings. The Labute approximate surface area is 130 Å². The third kappa shape index (κ3) is 2.24. The van der Waals surface area contributed by atoms with E-state index in [-0.39, 0.29) is 12.4 Å². The zero-order valence-electron chi connectivity index (χ0n) is 12.0. The zero-order chi connectivity index (χ0) is 16.2. The van der Waals surface area contributed by atoms with Gasteiger partial charge in [0.05, 0.1) is 12.9 Å². The molecule has 0 radical (unpaired) electrons. The third-order valence-electron chi connectivity index (χ3n) is 3.84. The second-order valence-corrected chi connectivity index (χ2v) is 6.86. The van der Waals surface area contributed by atoms with Crippen molar-refractivity contribution in [1.29, 1.82) is 0 Å². The molecular formula is C11H14N5O6P. The van der Waals surface area contributed by atoms with Gasteiger partial charge in [0.1, 0.15) is 30.2 Å². The SMILES string of the molecule is CO[P@@]1(=O)OC[C@H]2O[C@@H](n3cnc4c(N)ncnc43)[C@H](O)[C@@H]2O1. The molecule has 2 aromatic heterocycles. The number of aromatic nitrogens is 4. The van der Waals surface area contributed by atoms with Gasteiger partial charge in [-0.15, -0.1) is 0 Å². The van der Waals surface area contributed by atoms with Crippen LogP contribution in [0, 0.1) is 0 Å². The summed E-state index contributed by atoms with van der Waals surface area (Å²) in [6.07, 6.45) is -0.655. The number of imidazole rings is 1. The number of aliphatic hydroxyl groups is 1. The summed E-state index contributed by atoms with van der Waals surface area (Å²) < 4.78 is 34.4. The number of hydrogen-bond acceptors (Lipinski definition) is 10. The normalized spacial score (nSPS) is 37.1. The Morgan fingerprint density at radius 2 is 2.30 bits per heavy atom. The molecule has 0 saturated carbocycles. The molecule has 2 aromatic rings. The number of hydrogen-bond donors (Lipinski definition) is 2. The number of anilines is 1. The van der Waals surface area contributed by atoms with E-state index in [4.69, 9.17) is 24.0 Å². The number of nitrogen functional groups attached to an aromatic ring is 1. The van der Waals surface area contributed by atoms with Gasteiger partial charge in [0.25, 0.3) is 0 Å². The van der Waals surface area contributed by atoms with Crippen molar-refractivity contribution in [1.82, 2.24) is 19.5 Å². The molecule has 0 amide bonds. The van der Waals surface area contributed by atoms with Gasteiger partial charge in [-0.3, -0.25) is 18.1 Å². The fraction of sp³-hybridized carbons (Fsp3) is 0.545. The second-order valence-electron chi connectivity index (χ2n) is 5.13. The Morgan fingerprint density at radius 3 is 3.09 bits per heavy atom. The van der Waals surface area contributed by atoms with Crippen LogP contribution in [0.4, 0.5) is 5.82 Å². The number of phosphoric ester groups is 1. The molecule has 0 aromatic carbocycles. The van der Waals surface area contributed by atoms with Gasteiger partial charge in [0.15, 0.2) is 17.7 Å². The number of rotatable bonds is 2. The second kappa shape index (κ2) is 5.20. The maximum absolute atomic E-state index is 12.1. The highest BCUT2D eigenvalue weighted by Crippen LogP contribution is 2.56. The van der Waals surface area contributed by atoms with E-state index in [1.54, 1.807) is 0 Å². The van der Waals surface area contributed by atoms with Crippen molar-refractivity contribution in [3.8, 4) is 0 Å². The monoisotopic (exact) mass is 343 g/mol. The quantitative estimate of drug-likeness (QED) is 0.705. The molecule has 0 unspecified atom stereocenters. The number of phosphoric acid groups is 1. The van der Waals surface area contributed by atoms with Crippen LogP contribution in [-0.4, -0.2) is 56.7 Å². The number of nitrogens with two attached hydrogens (primary N) is 1. The van der Waals surface area contributed by atoms with Crippen LogP contribution in [0.5, 0.6) is 0 Å². The number of ether oxygens (including phenoxy) is 1. The van der Waals surface area contributed by atoms with Crippen LogP contribution >= 0.6 is 7.82 Å². The van der Waals surface area contributed by atoms with Crippen molar-refractivity contribution in [2.24, 2.45) is 0 Å². The molecular weight excluding hydrogens is 329 g/mol. The molecule has 12 heteroatoms. The predicted molar refractivity (Wildman–Crippen MR) is 75.1 cm³/mol. The standard InChI is InChI=1S/C11H14N5O6P/c1-19-23(18)20-2-5-8(22-23)7(17)11(21-5)16-4-15-6-9(12)13-3-14-10(6)16/h3-5,7-8,11,17H,2H2,1H3,(H2,12,13,14)/t5-,7-,8-,11-,23+/m1/s1. The van der Waals surface area contributed by atoms with E-state index in [1.807, 2.05) is 0 Å². The first-order chi connectivity index (χ1) is 11.0. The van der Waals surface area contributed by atoms with E-state index in [1.165, 1.54) is 24.3 Å². The van der Waals surface area contributed by atoms with Crippen molar-refractivity contribution >= 4 is 24.8 Å². The van der Waals surface area contributed by atoms with Crippen molar-refractivity contribution in [2.45, 2.75) is 24.5 Å². The van der Waals surface area contributed by atoms with Crippen LogP contribution in [0.25, 0.3) is 11.2 Å². The lowest BCUT2D eigenvalue weighted by Gasteiger charge is -2.29. The molecule has 4 heterocycles. The van der Waals surface area contributed by atoms with Crippen molar-refractivity contribution in [3.63, 3.8) is 0 Å². The van der Waals surface area contributed by atoms with Crippen LogP contribution in [0.15, 0.2) is 12.7 Å². The minimum atomic E-state index is -3.67. The van der Waals surface area contributed by atoms with E-state index < -0.39 is 32.4 Å². The summed E-state index contributed by atoms with van der Waals surface area (Å²) in [6.45, 7) is -0.0207. The summed E-state index contributed by atoms with van der Waals surface area (Å²) >= 11 is 0. The largest absolute Gasteiger partial charge is 0.475 e. The first-order valence-electron chi connectivity index (χ1n) is 6.77. The Kier molecular flexibility index (Phi) is 3.38. The molecule has 4 rings (SSSR count). The van der Waals surface area contributed by atoms with Crippen LogP contribution in [0.3, 0.4) is 0 Å². The Bertz CT molecular complexity index is 798. The van der Waals surface area contributed by atoms with E-state index in [9.17, 15) is 9.67 Å². The smallest absolute Gasteiger partial charge is 0.386 e. The highest BCUT2D eigenvalue weighted by Gasteiger charge is 2.53. The summed E-state index contributed by atoms with van der Waals surface area (Å²) in [5.41, 5.74) is 6.56. The zero-order valence-corrected chi connectivity index (χ0v) is 12.9. The Morgan fingerprint density at radius 1 is 1.48 bits per heavy atom. The lowest BCUT2D eigenvalue weighted by molar-refractivity contribution is -0.0685. The van der Waals surface area contributed by atoms with Crippen molar-refractivity contribution < 1.29 is 28.0 Å². The minimum absolute atomic E-state index is 0.0207. The molecule has 0 aliphatic carbocycles. The van der Waals surface area contributed by atoms with E-state index >= 15 is 0 Å². The van der Waals surface area contributed by atoms with Crippen LogP contribution in [-0.2, 0) is 22.9 Å². The highest BCUT2D eigenvalue weighted by atomic mass is 31.2. The van der Waals surface area contributed by atoms with Crippen molar-refractivity contribution in [2.75, 3.05) is 19.5 Å². The molecule has 124 valence electrons. The van der Waals surface area contributed by atoms with Crippen molar-refractivity contribution in [3.05, 3.63) is 12.7 Å². The molecule has 2 aliphatic heterocycles. The minimum Gasteiger partial charge on any atom is -0.386 e. The average molecular weight is 343 g/mol. The van der Waals surface area contributed by atoms with Gasteiger partial charge in [0.2, 0.25) is 0 Å². The molecule has 0 bridgehead atoms. The molecule has 11 nitrogen and oxygen atoms in total. The number of aliphatic hydroxyl groups excluding tert-OH is 1. The van der Waals surface area contributed by atoms with Crippen LogP contribution in [0.1, 0.15) is 6.23 Å². The van der Waals surface area contributed by atoms with Gasteiger partial charge in [-0.25, -0.2) is 19.5 Å². The van der Waals surface area contributed by atoms with Crippen LogP contribution in [0.2, 0.25) is 0 Å². The molecule has 23 heavy (non-hydrogen) atoms. The topological polar surface area (TPSA) is 144 Å². The summed E-state index contributed by atoms with van der Waals surface area (Å²) in [5, 5.41) is 10.5. The number of nitrogens with zero attached hydrogens (tertiary/aromatic N) is 4. The molecule has 5 atom stereocenters. The van der Waals surface area contributed by atoms with Gasteiger partial charge < -0.3 is 15.6 Å². The fourth-order valence-electron chi connectivity index (χ4n) is 2.71. The maximum atomic E-state index is 12.1. The first kappa shape index (κ1) is 14.9. The average Bonchev–Trinajstić information content (AvgIpc) is 3.10. The summed E-state index contributed by atoms with van der Waals surface area (Å²) in [4.78, 5) is 12.1. The highest BCUT2D eigenvalue weighted by molar-refractivity contribution is 7.48. The molecule has 2 aliphatic rings. The first-order valence-corrected chi connectivity index (χ1v) is 8.24. The summed E-state index contributed by atoms with van der Waals surface area (Å²) in [5.74, 6) is 0.224. The molecule has 3 N–H and O–H groups in total. The summed E-state index contributed by atoms with van der Waals surface area (Å²) in [6, 6.07) is 0. The lowest BCUT2D eigenvalue weighted by Crippen LogP contribution is -2.39. The van der Waals surface area contributed by atoms with Gasteiger partial charge in [-0.1, -0.05) is 0 Å². The Balaban J connectivity index is 1.68. The van der Waals surface area contributed by atoms with Gasteiger partial charge in [-0.05, 0) is 0 Å². The maximum Gasteiger partial charge on any atom is 0.475 e. The predicted octanol–water partition coefficient (Wildman–Crippen LogP) is -0.163.